The molecule has 1 fully saturated rings. The summed E-state index contributed by atoms with van der Waals surface area (Å²) in [6.45, 7) is 5.50. The lowest BCUT2D eigenvalue weighted by Crippen LogP contribution is -2.39. The van der Waals surface area contributed by atoms with Crippen LogP contribution < -0.4 is 5.32 Å². The maximum absolute atomic E-state index is 3.72. The zero-order chi connectivity index (χ0) is 13.5. The first-order valence-corrected chi connectivity index (χ1v) is 8.71. The van der Waals surface area contributed by atoms with E-state index in [0.29, 0.717) is 6.04 Å². The van der Waals surface area contributed by atoms with Crippen molar-refractivity contribution in [3.05, 3.63) is 29.8 Å². The van der Waals surface area contributed by atoms with Crippen molar-refractivity contribution in [1.82, 2.24) is 5.32 Å². The molecule has 0 amide bonds. The molecule has 1 aliphatic carbocycles. The van der Waals surface area contributed by atoms with Crippen LogP contribution >= 0.6 is 11.8 Å². The Hall–Kier alpha value is -0.470. The molecule has 0 aliphatic heterocycles. The van der Waals surface area contributed by atoms with Gasteiger partial charge in [0, 0.05) is 16.7 Å². The van der Waals surface area contributed by atoms with Gasteiger partial charge in [0.2, 0.25) is 0 Å². The molecule has 0 spiro atoms. The molecule has 0 heterocycles. The van der Waals surface area contributed by atoms with Gasteiger partial charge in [-0.25, -0.2) is 0 Å². The molecule has 0 saturated heterocycles. The second-order valence-electron chi connectivity index (χ2n) is 5.69. The highest BCUT2D eigenvalue weighted by Crippen LogP contribution is 2.29. The molecular formula is C17H27NS. The Morgan fingerprint density at radius 3 is 2.74 bits per heavy atom. The van der Waals surface area contributed by atoms with Crippen LogP contribution in [0.15, 0.2) is 29.2 Å². The van der Waals surface area contributed by atoms with Crippen LogP contribution in [0.2, 0.25) is 0 Å². The van der Waals surface area contributed by atoms with Gasteiger partial charge in [-0.3, -0.25) is 0 Å². The lowest BCUT2D eigenvalue weighted by atomic mass is 9.84. The number of nitrogens with one attached hydrogen (secondary N) is 1. The minimum absolute atomic E-state index is 0.691. The van der Waals surface area contributed by atoms with Crippen LogP contribution in [-0.2, 0) is 0 Å². The van der Waals surface area contributed by atoms with E-state index in [-0.39, 0.29) is 0 Å². The van der Waals surface area contributed by atoms with Gasteiger partial charge in [0.15, 0.2) is 0 Å². The third-order valence-corrected chi connectivity index (χ3v) is 5.22. The smallest absolute Gasteiger partial charge is 0.0189 e. The molecule has 1 aromatic carbocycles. The summed E-state index contributed by atoms with van der Waals surface area (Å²) in [4.78, 5) is 1.42. The van der Waals surface area contributed by atoms with E-state index >= 15 is 0 Å². The van der Waals surface area contributed by atoms with Gasteiger partial charge in [0.05, 0.1) is 0 Å². The molecule has 0 aromatic heterocycles. The van der Waals surface area contributed by atoms with Crippen molar-refractivity contribution in [3.63, 3.8) is 0 Å². The standard InChI is InChI=1S/C17H27NS/c1-3-18-17(15-9-5-4-6-10-15)13-19-16-11-7-8-14(2)12-16/h7-8,11-12,15,17-18H,3-6,9-10,13H2,1-2H3. The Morgan fingerprint density at radius 2 is 2.05 bits per heavy atom. The van der Waals surface area contributed by atoms with Crippen molar-refractivity contribution in [2.75, 3.05) is 12.3 Å². The van der Waals surface area contributed by atoms with Gasteiger partial charge in [0.25, 0.3) is 0 Å². The minimum atomic E-state index is 0.691. The Bertz CT molecular complexity index is 371. The Balaban J connectivity index is 1.89. The summed E-state index contributed by atoms with van der Waals surface area (Å²) in [6, 6.07) is 9.57. The average molecular weight is 277 g/mol. The number of benzene rings is 1. The third-order valence-electron chi connectivity index (χ3n) is 4.10. The zero-order valence-electron chi connectivity index (χ0n) is 12.3. The van der Waals surface area contributed by atoms with Crippen molar-refractivity contribution in [2.45, 2.75) is 56.9 Å². The summed E-state index contributed by atoms with van der Waals surface area (Å²) >= 11 is 2.01. The highest BCUT2D eigenvalue weighted by atomic mass is 32.2. The molecule has 19 heavy (non-hydrogen) atoms. The number of hydrogen-bond acceptors (Lipinski definition) is 2. The lowest BCUT2D eigenvalue weighted by molar-refractivity contribution is 0.288. The quantitative estimate of drug-likeness (QED) is 0.760. The van der Waals surface area contributed by atoms with Crippen LogP contribution in [-0.4, -0.2) is 18.3 Å². The van der Waals surface area contributed by atoms with Crippen molar-refractivity contribution >= 4 is 11.8 Å². The first-order valence-electron chi connectivity index (χ1n) is 7.72. The molecule has 1 nitrogen and oxygen atoms in total. The molecule has 0 radical (unpaired) electrons. The second kappa shape index (κ2) is 7.96. The fourth-order valence-electron chi connectivity index (χ4n) is 3.05. The fraction of sp³-hybridized carbons (Fsp3) is 0.647. The van der Waals surface area contributed by atoms with E-state index in [9.17, 15) is 0 Å². The largest absolute Gasteiger partial charge is 0.313 e. The lowest BCUT2D eigenvalue weighted by Gasteiger charge is -2.30. The van der Waals surface area contributed by atoms with E-state index in [1.54, 1.807) is 0 Å². The van der Waals surface area contributed by atoms with E-state index in [1.807, 2.05) is 11.8 Å². The Morgan fingerprint density at radius 1 is 1.26 bits per heavy atom. The highest BCUT2D eigenvalue weighted by molar-refractivity contribution is 7.99. The van der Waals surface area contributed by atoms with Crippen molar-refractivity contribution in [1.29, 1.82) is 0 Å². The fourth-order valence-corrected chi connectivity index (χ4v) is 4.26. The van der Waals surface area contributed by atoms with Gasteiger partial charge >= 0.3 is 0 Å². The molecule has 1 saturated carbocycles. The van der Waals surface area contributed by atoms with E-state index in [4.69, 9.17) is 0 Å². The summed E-state index contributed by atoms with van der Waals surface area (Å²) in [5, 5.41) is 3.72. The topological polar surface area (TPSA) is 12.0 Å². The monoisotopic (exact) mass is 277 g/mol. The van der Waals surface area contributed by atoms with E-state index in [1.165, 1.54) is 48.3 Å². The van der Waals surface area contributed by atoms with Crippen LogP contribution in [0.5, 0.6) is 0 Å². The van der Waals surface area contributed by atoms with Gasteiger partial charge in [-0.05, 0) is 44.4 Å². The zero-order valence-corrected chi connectivity index (χ0v) is 13.1. The SMILES string of the molecule is CCNC(CSc1cccc(C)c1)C1CCCCC1. The van der Waals surface area contributed by atoms with Crippen molar-refractivity contribution < 1.29 is 0 Å². The first kappa shape index (κ1) is 14.9. The van der Waals surface area contributed by atoms with Gasteiger partial charge in [-0.15, -0.1) is 11.8 Å². The number of hydrogen-bond donors (Lipinski definition) is 1. The summed E-state index contributed by atoms with van der Waals surface area (Å²) in [6.07, 6.45) is 7.15. The number of rotatable bonds is 6. The second-order valence-corrected chi connectivity index (χ2v) is 6.78. The number of thioether (sulfide) groups is 1. The minimum Gasteiger partial charge on any atom is -0.313 e. The van der Waals surface area contributed by atoms with E-state index in [2.05, 4.69) is 43.4 Å². The van der Waals surface area contributed by atoms with Crippen LogP contribution in [0.25, 0.3) is 0 Å². The van der Waals surface area contributed by atoms with Gasteiger partial charge in [-0.2, -0.15) is 0 Å². The van der Waals surface area contributed by atoms with Crippen LogP contribution in [0.3, 0.4) is 0 Å². The van der Waals surface area contributed by atoms with Crippen LogP contribution in [0.1, 0.15) is 44.6 Å². The average Bonchev–Trinajstić information content (AvgIpc) is 2.44. The normalized spacial score (nSPS) is 18.4. The molecule has 2 rings (SSSR count). The molecule has 1 aromatic rings. The maximum Gasteiger partial charge on any atom is 0.0189 e. The van der Waals surface area contributed by atoms with Crippen molar-refractivity contribution in [3.8, 4) is 0 Å². The molecule has 1 unspecified atom stereocenters. The summed E-state index contributed by atoms with van der Waals surface area (Å²) in [5.41, 5.74) is 1.36. The molecule has 106 valence electrons. The van der Waals surface area contributed by atoms with Crippen LogP contribution in [0.4, 0.5) is 0 Å². The van der Waals surface area contributed by atoms with Gasteiger partial charge in [-0.1, -0.05) is 43.9 Å². The number of aryl methyl sites for hydroxylation is 1. The van der Waals surface area contributed by atoms with Gasteiger partial charge < -0.3 is 5.32 Å². The highest BCUT2D eigenvalue weighted by Gasteiger charge is 2.22. The summed E-state index contributed by atoms with van der Waals surface area (Å²) in [7, 11) is 0. The van der Waals surface area contributed by atoms with Crippen LogP contribution in [0, 0.1) is 12.8 Å². The predicted octanol–water partition coefficient (Wildman–Crippen LogP) is 4.65. The van der Waals surface area contributed by atoms with E-state index < -0.39 is 0 Å². The first-order chi connectivity index (χ1) is 9.29. The molecular weight excluding hydrogens is 250 g/mol. The molecule has 0 bridgehead atoms. The summed E-state index contributed by atoms with van der Waals surface area (Å²) < 4.78 is 0. The van der Waals surface area contributed by atoms with E-state index in [0.717, 1.165) is 12.5 Å². The molecule has 1 aliphatic rings. The Labute approximate surface area is 122 Å². The summed E-state index contributed by atoms with van der Waals surface area (Å²) in [5.74, 6) is 2.10. The molecule has 1 atom stereocenters. The Kier molecular flexibility index (Phi) is 6.25. The predicted molar refractivity (Wildman–Crippen MR) is 85.9 cm³/mol. The van der Waals surface area contributed by atoms with Gasteiger partial charge in [0.1, 0.15) is 0 Å². The maximum atomic E-state index is 3.72. The molecule has 1 N–H and O–H groups in total. The molecule has 2 heteroatoms. The third kappa shape index (κ3) is 4.85. The van der Waals surface area contributed by atoms with Crippen molar-refractivity contribution in [2.24, 2.45) is 5.92 Å².